The Kier molecular flexibility index (Phi) is 3.58. The van der Waals surface area contributed by atoms with Gasteiger partial charge in [-0.1, -0.05) is 6.92 Å². The number of carbonyl (C=O) groups excluding carboxylic acids is 2. The second-order valence-electron chi connectivity index (χ2n) is 6.04. The predicted molar refractivity (Wildman–Crippen MR) is 68.9 cm³/mol. The molecule has 1 aliphatic carbocycles. The first kappa shape index (κ1) is 13.9. The minimum Gasteiger partial charge on any atom is -0.461 e. The average Bonchev–Trinajstić information content (AvgIpc) is 2.49. The predicted octanol–water partition coefficient (Wildman–Crippen LogP) is 1.92. The molecule has 0 aromatic rings. The summed E-state index contributed by atoms with van der Waals surface area (Å²) in [5.74, 6) is 1.21. The van der Waals surface area contributed by atoms with Crippen LogP contribution in [0.1, 0.15) is 40.0 Å². The van der Waals surface area contributed by atoms with Crippen LogP contribution in [-0.2, 0) is 19.1 Å². The summed E-state index contributed by atoms with van der Waals surface area (Å²) in [6, 6.07) is 0. The second-order valence-corrected chi connectivity index (χ2v) is 6.04. The standard InChI is InChI=1S/C15H20O4/c1-5-6-10(3)18-14(17)12-9(2)7-15(4)8-11(12)13(16)19-15/h1,9-12H,6-8H2,2-4H3/t9-,10-,11-,12+,15+/m0/s1. The quantitative estimate of drug-likeness (QED) is 0.577. The maximum Gasteiger partial charge on any atom is 0.310 e. The Hall–Kier alpha value is -1.50. The van der Waals surface area contributed by atoms with Crippen molar-refractivity contribution >= 4 is 11.9 Å². The number of fused-ring (bicyclic) bond motifs is 2. The summed E-state index contributed by atoms with van der Waals surface area (Å²) >= 11 is 0. The van der Waals surface area contributed by atoms with Gasteiger partial charge < -0.3 is 9.47 Å². The fourth-order valence-corrected chi connectivity index (χ4v) is 3.39. The molecule has 2 rings (SSSR count). The van der Waals surface area contributed by atoms with E-state index in [4.69, 9.17) is 15.9 Å². The fraction of sp³-hybridized carbons (Fsp3) is 0.733. The lowest BCUT2D eigenvalue weighted by molar-refractivity contribution is -0.160. The molecule has 1 saturated heterocycles. The Bertz CT molecular complexity index is 436. The monoisotopic (exact) mass is 264 g/mol. The van der Waals surface area contributed by atoms with Crippen molar-refractivity contribution in [3.8, 4) is 12.3 Å². The Morgan fingerprint density at radius 3 is 2.95 bits per heavy atom. The minimum atomic E-state index is -0.400. The summed E-state index contributed by atoms with van der Waals surface area (Å²) in [4.78, 5) is 24.1. The van der Waals surface area contributed by atoms with Gasteiger partial charge in [0.25, 0.3) is 0 Å². The third-order valence-electron chi connectivity index (χ3n) is 4.10. The maximum absolute atomic E-state index is 12.2. The van der Waals surface area contributed by atoms with Crippen LogP contribution >= 0.6 is 0 Å². The molecule has 4 heteroatoms. The molecular formula is C15H20O4. The molecule has 0 aromatic carbocycles. The Morgan fingerprint density at radius 1 is 1.63 bits per heavy atom. The molecule has 1 aliphatic heterocycles. The van der Waals surface area contributed by atoms with E-state index < -0.39 is 11.5 Å². The molecule has 1 heterocycles. The molecular weight excluding hydrogens is 244 g/mol. The van der Waals surface area contributed by atoms with Gasteiger partial charge in [-0.3, -0.25) is 9.59 Å². The van der Waals surface area contributed by atoms with Gasteiger partial charge in [-0.15, -0.1) is 12.3 Å². The van der Waals surface area contributed by atoms with Gasteiger partial charge in [-0.05, 0) is 26.2 Å². The summed E-state index contributed by atoms with van der Waals surface area (Å²) in [6.45, 7) is 5.68. The van der Waals surface area contributed by atoms with Crippen molar-refractivity contribution in [1.82, 2.24) is 0 Å². The lowest BCUT2D eigenvalue weighted by Gasteiger charge is -2.35. The van der Waals surface area contributed by atoms with Crippen LogP contribution in [0.25, 0.3) is 0 Å². The molecule has 2 aliphatic rings. The zero-order valence-electron chi connectivity index (χ0n) is 11.6. The number of rotatable bonds is 3. The zero-order valence-corrected chi connectivity index (χ0v) is 11.6. The van der Waals surface area contributed by atoms with Gasteiger partial charge in [0.2, 0.25) is 0 Å². The summed E-state index contributed by atoms with van der Waals surface area (Å²) in [6.07, 6.45) is 6.59. The molecule has 0 spiro atoms. The summed E-state index contributed by atoms with van der Waals surface area (Å²) in [5.41, 5.74) is -0.400. The average molecular weight is 264 g/mol. The highest BCUT2D eigenvalue weighted by Crippen LogP contribution is 2.48. The SMILES string of the molecule is C#CC[C@H](C)OC(=O)[C@H]1[C@@H]2C[C@@](C)(C[C@@H]1C)OC2=O. The van der Waals surface area contributed by atoms with Crippen molar-refractivity contribution < 1.29 is 19.1 Å². The van der Waals surface area contributed by atoms with Crippen molar-refractivity contribution in [1.29, 1.82) is 0 Å². The second kappa shape index (κ2) is 4.88. The third kappa shape index (κ3) is 2.60. The van der Waals surface area contributed by atoms with Crippen molar-refractivity contribution in [2.45, 2.75) is 51.7 Å². The van der Waals surface area contributed by atoms with E-state index in [2.05, 4.69) is 5.92 Å². The third-order valence-corrected chi connectivity index (χ3v) is 4.10. The number of terminal acetylenes is 1. The normalized spacial score (nSPS) is 38.2. The van der Waals surface area contributed by atoms with Crippen LogP contribution in [0.3, 0.4) is 0 Å². The van der Waals surface area contributed by atoms with E-state index in [1.54, 1.807) is 6.92 Å². The van der Waals surface area contributed by atoms with Crippen LogP contribution in [0.15, 0.2) is 0 Å². The number of esters is 2. The van der Waals surface area contributed by atoms with Crippen molar-refractivity contribution in [3.05, 3.63) is 0 Å². The highest BCUT2D eigenvalue weighted by atomic mass is 16.6. The summed E-state index contributed by atoms with van der Waals surface area (Å²) < 4.78 is 10.7. The van der Waals surface area contributed by atoms with E-state index in [1.807, 2.05) is 13.8 Å². The van der Waals surface area contributed by atoms with Crippen LogP contribution in [-0.4, -0.2) is 23.6 Å². The van der Waals surface area contributed by atoms with E-state index in [-0.39, 0.29) is 29.9 Å². The number of ether oxygens (including phenoxy) is 2. The molecule has 19 heavy (non-hydrogen) atoms. The molecule has 0 aromatic heterocycles. The zero-order chi connectivity index (χ0) is 14.2. The molecule has 1 saturated carbocycles. The van der Waals surface area contributed by atoms with Crippen molar-refractivity contribution in [2.24, 2.45) is 17.8 Å². The molecule has 104 valence electrons. The largest absolute Gasteiger partial charge is 0.461 e. The number of carbonyl (C=O) groups is 2. The van der Waals surface area contributed by atoms with Gasteiger partial charge in [0.05, 0.1) is 11.8 Å². The van der Waals surface area contributed by atoms with Crippen LogP contribution in [0, 0.1) is 30.1 Å². The van der Waals surface area contributed by atoms with Crippen molar-refractivity contribution in [2.75, 3.05) is 0 Å². The van der Waals surface area contributed by atoms with Crippen LogP contribution in [0.5, 0.6) is 0 Å². The van der Waals surface area contributed by atoms with Crippen LogP contribution in [0.2, 0.25) is 0 Å². The first-order valence-electron chi connectivity index (χ1n) is 6.73. The van der Waals surface area contributed by atoms with E-state index >= 15 is 0 Å². The van der Waals surface area contributed by atoms with Gasteiger partial charge in [0.15, 0.2) is 0 Å². The fourth-order valence-electron chi connectivity index (χ4n) is 3.39. The van der Waals surface area contributed by atoms with Gasteiger partial charge in [0, 0.05) is 12.8 Å². The molecule has 0 amide bonds. The summed E-state index contributed by atoms with van der Waals surface area (Å²) in [5, 5.41) is 0. The molecule has 0 radical (unpaired) electrons. The highest BCUT2D eigenvalue weighted by Gasteiger charge is 2.56. The van der Waals surface area contributed by atoms with E-state index in [0.29, 0.717) is 19.3 Å². The molecule has 2 bridgehead atoms. The van der Waals surface area contributed by atoms with E-state index in [0.717, 1.165) is 0 Å². The van der Waals surface area contributed by atoms with E-state index in [1.165, 1.54) is 0 Å². The molecule has 5 atom stereocenters. The van der Waals surface area contributed by atoms with Crippen LogP contribution < -0.4 is 0 Å². The maximum atomic E-state index is 12.2. The smallest absolute Gasteiger partial charge is 0.310 e. The lowest BCUT2D eigenvalue weighted by Crippen LogP contribution is -2.41. The highest BCUT2D eigenvalue weighted by molar-refractivity contribution is 5.84. The first-order valence-corrected chi connectivity index (χ1v) is 6.73. The van der Waals surface area contributed by atoms with Gasteiger partial charge in [-0.2, -0.15) is 0 Å². The molecule has 0 unspecified atom stereocenters. The molecule has 0 N–H and O–H groups in total. The molecule has 2 fully saturated rings. The summed E-state index contributed by atoms with van der Waals surface area (Å²) in [7, 11) is 0. The van der Waals surface area contributed by atoms with Crippen LogP contribution in [0.4, 0.5) is 0 Å². The Balaban J connectivity index is 2.09. The number of hydrogen-bond donors (Lipinski definition) is 0. The lowest BCUT2D eigenvalue weighted by atomic mass is 9.69. The number of hydrogen-bond acceptors (Lipinski definition) is 4. The van der Waals surface area contributed by atoms with E-state index in [9.17, 15) is 9.59 Å². The topological polar surface area (TPSA) is 52.6 Å². The van der Waals surface area contributed by atoms with Gasteiger partial charge in [-0.25, -0.2) is 0 Å². The molecule has 4 nitrogen and oxygen atoms in total. The van der Waals surface area contributed by atoms with Crippen molar-refractivity contribution in [3.63, 3.8) is 0 Å². The Morgan fingerprint density at radius 2 is 2.32 bits per heavy atom. The minimum absolute atomic E-state index is 0.0840. The first-order chi connectivity index (χ1) is 8.86. The Labute approximate surface area is 113 Å². The van der Waals surface area contributed by atoms with Gasteiger partial charge >= 0.3 is 11.9 Å². The van der Waals surface area contributed by atoms with Gasteiger partial charge in [0.1, 0.15) is 11.7 Å².